The van der Waals surface area contributed by atoms with Crippen molar-refractivity contribution in [2.24, 2.45) is 0 Å². The van der Waals surface area contributed by atoms with E-state index >= 15 is 0 Å². The van der Waals surface area contributed by atoms with Crippen molar-refractivity contribution >= 4 is 49.2 Å². The molecule has 0 aromatic heterocycles. The lowest BCUT2D eigenvalue weighted by molar-refractivity contribution is 0.121. The Labute approximate surface area is 132 Å². The molecule has 0 amide bonds. The minimum absolute atomic E-state index is 0.145. The van der Waals surface area contributed by atoms with Gasteiger partial charge in [0.2, 0.25) is 10.0 Å². The van der Waals surface area contributed by atoms with Crippen molar-refractivity contribution in [1.29, 1.82) is 0 Å². The fraction of sp³-hybridized carbons (Fsp3) is 0.400. The average Bonchev–Trinajstić information content (AvgIpc) is 2.34. The lowest BCUT2D eigenvalue weighted by atomic mass is 10.3. The molecule has 0 aliphatic heterocycles. The fourth-order valence-electron chi connectivity index (χ4n) is 1.40. The van der Waals surface area contributed by atoms with E-state index in [1.165, 1.54) is 0 Å². The molecular weight excluding hydrogens is 406 g/mol. The van der Waals surface area contributed by atoms with Crippen LogP contribution in [-0.4, -0.2) is 37.6 Å². The fourth-order valence-corrected chi connectivity index (χ4v) is 4.21. The van der Waals surface area contributed by atoms with Crippen LogP contribution in [-0.2, 0) is 10.0 Å². The standard InChI is InChI=1S/C10H9BrCl2F3NO2S/c11-3-4-17(5-8(14)15)20(18,19)7-2-1-6(12)10(16)9(7)13/h1-2,8H,3-5H2. The summed E-state index contributed by atoms with van der Waals surface area (Å²) in [6.45, 7) is -1.21. The van der Waals surface area contributed by atoms with E-state index in [4.69, 9.17) is 23.2 Å². The van der Waals surface area contributed by atoms with Crippen molar-refractivity contribution in [2.75, 3.05) is 18.4 Å². The van der Waals surface area contributed by atoms with E-state index in [0.717, 1.165) is 12.1 Å². The molecule has 0 radical (unpaired) electrons. The molecule has 0 bridgehead atoms. The zero-order valence-corrected chi connectivity index (χ0v) is 13.7. The highest BCUT2D eigenvalue weighted by Gasteiger charge is 2.30. The molecule has 0 saturated heterocycles. The van der Waals surface area contributed by atoms with Crippen LogP contribution in [0.25, 0.3) is 0 Å². The van der Waals surface area contributed by atoms with Gasteiger partial charge in [0.25, 0.3) is 6.43 Å². The monoisotopic (exact) mass is 413 g/mol. The Balaban J connectivity index is 3.30. The molecule has 0 aliphatic carbocycles. The average molecular weight is 415 g/mol. The van der Waals surface area contributed by atoms with Gasteiger partial charge in [-0.3, -0.25) is 0 Å². The van der Waals surface area contributed by atoms with Crippen LogP contribution in [0.3, 0.4) is 0 Å². The summed E-state index contributed by atoms with van der Waals surface area (Å²) in [5, 5.41) is -0.923. The first-order valence-corrected chi connectivity index (χ1v) is 8.51. The molecule has 1 rings (SSSR count). The first-order chi connectivity index (χ1) is 9.21. The van der Waals surface area contributed by atoms with Crippen molar-refractivity contribution in [2.45, 2.75) is 11.3 Å². The summed E-state index contributed by atoms with van der Waals surface area (Å²) in [6, 6.07) is 1.99. The SMILES string of the molecule is O=S(=O)(c1ccc(Cl)c(F)c1Cl)N(CCBr)CC(F)F. The molecule has 0 spiro atoms. The Morgan fingerprint density at radius 3 is 2.40 bits per heavy atom. The Bertz CT molecular complexity index is 586. The largest absolute Gasteiger partial charge is 0.252 e. The summed E-state index contributed by atoms with van der Waals surface area (Å²) in [5.74, 6) is -1.11. The third kappa shape index (κ3) is 4.00. The van der Waals surface area contributed by atoms with Crippen molar-refractivity contribution in [3.63, 3.8) is 0 Å². The first-order valence-electron chi connectivity index (χ1n) is 5.19. The first kappa shape index (κ1) is 18.0. The van der Waals surface area contributed by atoms with E-state index in [0.29, 0.717) is 4.31 Å². The quantitative estimate of drug-likeness (QED) is 0.524. The minimum Gasteiger partial charge on any atom is -0.209 e. The summed E-state index contributed by atoms with van der Waals surface area (Å²) in [5.41, 5.74) is 0. The molecule has 0 aliphatic rings. The van der Waals surface area contributed by atoms with Crippen molar-refractivity contribution < 1.29 is 21.6 Å². The molecule has 114 valence electrons. The molecule has 0 fully saturated rings. The van der Waals surface area contributed by atoms with Crippen molar-refractivity contribution in [1.82, 2.24) is 4.31 Å². The van der Waals surface area contributed by atoms with Crippen molar-refractivity contribution in [3.8, 4) is 0 Å². The molecule has 1 aromatic rings. The lowest BCUT2D eigenvalue weighted by Gasteiger charge is -2.21. The topological polar surface area (TPSA) is 37.4 Å². The van der Waals surface area contributed by atoms with Crippen LogP contribution in [0.4, 0.5) is 13.2 Å². The highest BCUT2D eigenvalue weighted by Crippen LogP contribution is 2.31. The van der Waals surface area contributed by atoms with Gasteiger partial charge >= 0.3 is 0 Å². The van der Waals surface area contributed by atoms with Gasteiger partial charge in [0.05, 0.1) is 16.6 Å². The Morgan fingerprint density at radius 2 is 1.90 bits per heavy atom. The molecule has 0 unspecified atom stereocenters. The zero-order valence-electron chi connectivity index (χ0n) is 9.79. The van der Waals surface area contributed by atoms with Crippen molar-refractivity contribution in [3.05, 3.63) is 28.0 Å². The van der Waals surface area contributed by atoms with Gasteiger partial charge < -0.3 is 0 Å². The number of hydrogen-bond donors (Lipinski definition) is 0. The predicted octanol–water partition coefficient (Wildman–Crippen LogP) is 3.78. The minimum atomic E-state index is -4.34. The van der Waals surface area contributed by atoms with Crippen LogP contribution in [0.2, 0.25) is 10.0 Å². The molecular formula is C10H9BrCl2F3NO2S. The molecule has 1 aromatic carbocycles. The van der Waals surface area contributed by atoms with E-state index in [2.05, 4.69) is 15.9 Å². The number of benzene rings is 1. The molecule has 3 nitrogen and oxygen atoms in total. The predicted molar refractivity (Wildman–Crippen MR) is 75.0 cm³/mol. The van der Waals surface area contributed by atoms with E-state index in [9.17, 15) is 21.6 Å². The van der Waals surface area contributed by atoms with Crippen LogP contribution in [0.5, 0.6) is 0 Å². The van der Waals surface area contributed by atoms with E-state index in [-0.39, 0.29) is 16.9 Å². The van der Waals surface area contributed by atoms with Gasteiger partial charge in [0, 0.05) is 11.9 Å². The molecule has 0 atom stereocenters. The van der Waals surface area contributed by atoms with Gasteiger partial charge in [-0.1, -0.05) is 39.1 Å². The van der Waals surface area contributed by atoms with Crippen LogP contribution in [0.15, 0.2) is 17.0 Å². The number of alkyl halides is 3. The maximum Gasteiger partial charge on any atom is 0.252 e. The number of halogens is 6. The van der Waals surface area contributed by atoms with Gasteiger partial charge in [0.1, 0.15) is 4.90 Å². The molecule has 0 saturated carbocycles. The second-order valence-electron chi connectivity index (χ2n) is 3.62. The summed E-state index contributed by atoms with van der Waals surface area (Å²) in [4.78, 5) is -0.595. The van der Waals surface area contributed by atoms with Gasteiger partial charge in [-0.2, -0.15) is 4.31 Å². The summed E-state index contributed by atoms with van der Waals surface area (Å²) in [7, 11) is -4.34. The van der Waals surface area contributed by atoms with Gasteiger partial charge in [-0.15, -0.1) is 0 Å². The molecule has 0 N–H and O–H groups in total. The Kier molecular flexibility index (Phi) is 6.59. The maximum absolute atomic E-state index is 13.5. The Morgan fingerprint density at radius 1 is 1.30 bits per heavy atom. The maximum atomic E-state index is 13.5. The van der Waals surface area contributed by atoms with Gasteiger partial charge in [0.15, 0.2) is 5.82 Å². The highest BCUT2D eigenvalue weighted by molar-refractivity contribution is 9.09. The molecule has 0 heterocycles. The van der Waals surface area contributed by atoms with Crippen LogP contribution in [0, 0.1) is 5.82 Å². The number of sulfonamides is 1. The third-order valence-electron chi connectivity index (χ3n) is 2.29. The number of hydrogen-bond acceptors (Lipinski definition) is 2. The third-order valence-corrected chi connectivity index (χ3v) is 5.33. The normalized spacial score (nSPS) is 12.4. The smallest absolute Gasteiger partial charge is 0.209 e. The van der Waals surface area contributed by atoms with Crippen LogP contribution in [0.1, 0.15) is 0 Å². The number of rotatable bonds is 6. The van der Waals surface area contributed by atoms with Gasteiger partial charge in [-0.05, 0) is 12.1 Å². The van der Waals surface area contributed by atoms with Gasteiger partial charge in [-0.25, -0.2) is 21.6 Å². The summed E-state index contributed by atoms with van der Waals surface area (Å²) >= 11 is 14.0. The van der Waals surface area contributed by atoms with E-state index in [1.807, 2.05) is 0 Å². The van der Waals surface area contributed by atoms with E-state index in [1.54, 1.807) is 0 Å². The van der Waals surface area contributed by atoms with Crippen LogP contribution < -0.4 is 0 Å². The second kappa shape index (κ2) is 7.31. The lowest BCUT2D eigenvalue weighted by Crippen LogP contribution is -2.36. The van der Waals surface area contributed by atoms with E-state index < -0.39 is 38.7 Å². The molecule has 20 heavy (non-hydrogen) atoms. The highest BCUT2D eigenvalue weighted by atomic mass is 79.9. The molecule has 10 heteroatoms. The van der Waals surface area contributed by atoms with Crippen LogP contribution >= 0.6 is 39.1 Å². The summed E-state index contributed by atoms with van der Waals surface area (Å²) < 4.78 is 63.4. The summed E-state index contributed by atoms with van der Waals surface area (Å²) in [6.07, 6.45) is -2.86. The second-order valence-corrected chi connectivity index (χ2v) is 7.10. The number of nitrogens with zero attached hydrogens (tertiary/aromatic N) is 1. The Hall–Kier alpha value is -0.0200. The zero-order chi connectivity index (χ0) is 15.5.